The maximum Gasteiger partial charge on any atom is 0.328 e. The van der Waals surface area contributed by atoms with E-state index in [1.807, 2.05) is 48.3 Å². The highest BCUT2D eigenvalue weighted by Crippen LogP contribution is 2.25. The molecule has 0 saturated heterocycles. The number of hydrogen-bond acceptors (Lipinski definition) is 2. The Balaban J connectivity index is 1.97. The van der Waals surface area contributed by atoms with Crippen molar-refractivity contribution in [1.29, 1.82) is 0 Å². The summed E-state index contributed by atoms with van der Waals surface area (Å²) in [6.07, 6.45) is 8.94. The summed E-state index contributed by atoms with van der Waals surface area (Å²) in [7, 11) is 1.98. The van der Waals surface area contributed by atoms with Gasteiger partial charge < -0.3 is 15.3 Å². The Labute approximate surface area is 179 Å². The van der Waals surface area contributed by atoms with Crippen LogP contribution in [0.2, 0.25) is 0 Å². The Bertz CT molecular complexity index is 831. The van der Waals surface area contributed by atoms with Crippen LogP contribution in [0.5, 0.6) is 0 Å². The van der Waals surface area contributed by atoms with E-state index in [2.05, 4.69) is 24.4 Å². The Hall–Kier alpha value is -2.66. The Morgan fingerprint density at radius 3 is 2.48 bits per heavy atom. The molecule has 29 heavy (non-hydrogen) atoms. The molecule has 0 bridgehead atoms. The molecule has 2 N–H and O–H groups in total. The fourth-order valence-corrected chi connectivity index (χ4v) is 3.22. The van der Waals surface area contributed by atoms with Gasteiger partial charge in [-0.15, -0.1) is 0 Å². The molecule has 0 fully saturated rings. The summed E-state index contributed by atoms with van der Waals surface area (Å²) in [4.78, 5) is 12.6. The van der Waals surface area contributed by atoms with Gasteiger partial charge in [-0.05, 0) is 53.5 Å². The van der Waals surface area contributed by atoms with Crippen LogP contribution in [-0.2, 0) is 4.79 Å². The maximum atomic E-state index is 10.6. The molecule has 2 aromatic rings. The van der Waals surface area contributed by atoms with Gasteiger partial charge in [-0.25, -0.2) is 4.79 Å². The zero-order valence-electron chi connectivity index (χ0n) is 17.2. The molecule has 0 spiro atoms. The van der Waals surface area contributed by atoms with Crippen LogP contribution in [0.15, 0.2) is 54.6 Å². The van der Waals surface area contributed by atoms with E-state index in [-0.39, 0.29) is 0 Å². The number of rotatable bonds is 10. The monoisotopic (exact) mass is 410 g/mol. The van der Waals surface area contributed by atoms with Crippen molar-refractivity contribution in [3.05, 3.63) is 60.2 Å². The van der Waals surface area contributed by atoms with E-state index in [0.29, 0.717) is 0 Å². The average molecular weight is 411 g/mol. The second-order valence-corrected chi connectivity index (χ2v) is 7.44. The molecule has 0 unspecified atom stereocenters. The summed E-state index contributed by atoms with van der Waals surface area (Å²) in [6.45, 7) is 3.12. The minimum absolute atomic E-state index is 0.729. The number of benzene rings is 2. The lowest BCUT2D eigenvalue weighted by Gasteiger charge is -2.22. The summed E-state index contributed by atoms with van der Waals surface area (Å²) in [5, 5.41) is 12.8. The van der Waals surface area contributed by atoms with Crippen molar-refractivity contribution in [1.82, 2.24) is 5.32 Å². The standard InChI is InChI=1S/C24H30N2O2S/c1-3-4-5-6-7-17-25-24(29)26(2)22-10-8-9-21(18-22)20-14-11-19(12-15-20)13-16-23(27)28/h8-16,18H,3-7,17H2,1-2H3,(H,25,29)(H,27,28)/b16-13+. The van der Waals surface area contributed by atoms with Crippen LogP contribution in [0.1, 0.15) is 44.6 Å². The maximum absolute atomic E-state index is 10.6. The molecule has 2 rings (SSSR count). The lowest BCUT2D eigenvalue weighted by molar-refractivity contribution is -0.131. The number of nitrogens with zero attached hydrogens (tertiary/aromatic N) is 1. The molecule has 0 aliphatic rings. The van der Waals surface area contributed by atoms with E-state index in [0.717, 1.165) is 46.5 Å². The number of carboxylic acid groups (broad SMARTS) is 1. The zero-order valence-corrected chi connectivity index (χ0v) is 18.0. The predicted octanol–water partition coefficient (Wildman–Crippen LogP) is 5.73. The number of carboxylic acids is 1. The van der Waals surface area contributed by atoms with Gasteiger partial charge in [-0.3, -0.25) is 0 Å². The smallest absolute Gasteiger partial charge is 0.328 e. The van der Waals surface area contributed by atoms with Crippen LogP contribution < -0.4 is 10.2 Å². The van der Waals surface area contributed by atoms with Gasteiger partial charge in [0.25, 0.3) is 0 Å². The highest BCUT2D eigenvalue weighted by atomic mass is 32.1. The van der Waals surface area contributed by atoms with Crippen molar-refractivity contribution in [2.75, 3.05) is 18.5 Å². The van der Waals surface area contributed by atoms with Crippen LogP contribution in [-0.4, -0.2) is 29.8 Å². The summed E-state index contributed by atoms with van der Waals surface area (Å²) in [5.41, 5.74) is 4.04. The second kappa shape index (κ2) is 12.0. The van der Waals surface area contributed by atoms with Crippen LogP contribution in [0.25, 0.3) is 17.2 Å². The van der Waals surface area contributed by atoms with Gasteiger partial charge in [0, 0.05) is 25.4 Å². The first-order valence-corrected chi connectivity index (χ1v) is 10.5. The van der Waals surface area contributed by atoms with Gasteiger partial charge in [0.05, 0.1) is 0 Å². The first-order chi connectivity index (χ1) is 14.0. The van der Waals surface area contributed by atoms with Crippen molar-refractivity contribution in [3.63, 3.8) is 0 Å². The number of anilines is 1. The molecule has 5 heteroatoms. The lowest BCUT2D eigenvalue weighted by atomic mass is 10.0. The SMILES string of the molecule is CCCCCCCNC(=S)N(C)c1cccc(-c2ccc(/C=C/C(=O)O)cc2)c1. The normalized spacial score (nSPS) is 10.8. The minimum atomic E-state index is -0.949. The molecule has 0 atom stereocenters. The molecule has 0 aliphatic heterocycles. The van der Waals surface area contributed by atoms with Gasteiger partial charge in [0.1, 0.15) is 0 Å². The summed E-state index contributed by atoms with van der Waals surface area (Å²) < 4.78 is 0. The van der Waals surface area contributed by atoms with Gasteiger partial charge in [-0.1, -0.05) is 69.0 Å². The highest BCUT2D eigenvalue weighted by Gasteiger charge is 2.08. The molecular formula is C24H30N2O2S. The molecule has 0 heterocycles. The number of unbranched alkanes of at least 4 members (excludes halogenated alkanes) is 4. The van der Waals surface area contributed by atoms with E-state index in [9.17, 15) is 4.79 Å². The zero-order chi connectivity index (χ0) is 21.1. The average Bonchev–Trinajstić information content (AvgIpc) is 2.74. The third-order valence-electron chi connectivity index (χ3n) is 4.76. The molecular weight excluding hydrogens is 380 g/mol. The fraction of sp³-hybridized carbons (Fsp3) is 0.333. The number of thiocarbonyl (C=S) groups is 1. The van der Waals surface area contributed by atoms with Crippen molar-refractivity contribution < 1.29 is 9.90 Å². The van der Waals surface area contributed by atoms with Gasteiger partial charge in [-0.2, -0.15) is 0 Å². The molecule has 0 radical (unpaired) electrons. The second-order valence-electron chi connectivity index (χ2n) is 7.05. The summed E-state index contributed by atoms with van der Waals surface area (Å²) in [5.74, 6) is -0.949. The van der Waals surface area contributed by atoms with E-state index in [1.165, 1.54) is 25.7 Å². The third-order valence-corrected chi connectivity index (χ3v) is 5.18. The van der Waals surface area contributed by atoms with Crippen molar-refractivity contribution in [2.24, 2.45) is 0 Å². The fourth-order valence-electron chi connectivity index (χ4n) is 3.01. The van der Waals surface area contributed by atoms with Crippen molar-refractivity contribution in [3.8, 4) is 11.1 Å². The molecule has 154 valence electrons. The molecule has 4 nitrogen and oxygen atoms in total. The quantitative estimate of drug-likeness (QED) is 0.297. The molecule has 0 aliphatic carbocycles. The molecule has 0 amide bonds. The van der Waals surface area contributed by atoms with Crippen molar-refractivity contribution >= 4 is 35.1 Å². The van der Waals surface area contributed by atoms with Crippen molar-refractivity contribution in [2.45, 2.75) is 39.0 Å². The minimum Gasteiger partial charge on any atom is -0.478 e. The van der Waals surface area contributed by atoms with Gasteiger partial charge in [0.2, 0.25) is 0 Å². The van der Waals surface area contributed by atoms with Crippen LogP contribution in [0.4, 0.5) is 5.69 Å². The van der Waals surface area contributed by atoms with Crippen LogP contribution in [0, 0.1) is 0 Å². The first kappa shape index (κ1) is 22.6. The van der Waals surface area contributed by atoms with E-state index in [1.54, 1.807) is 6.08 Å². The predicted molar refractivity (Wildman–Crippen MR) is 126 cm³/mol. The van der Waals surface area contributed by atoms with Gasteiger partial charge >= 0.3 is 5.97 Å². The van der Waals surface area contributed by atoms with E-state index >= 15 is 0 Å². The Morgan fingerprint density at radius 1 is 1.07 bits per heavy atom. The first-order valence-electron chi connectivity index (χ1n) is 10.1. The molecule has 0 saturated carbocycles. The largest absolute Gasteiger partial charge is 0.478 e. The Kier molecular flexibility index (Phi) is 9.38. The highest BCUT2D eigenvalue weighted by molar-refractivity contribution is 7.80. The summed E-state index contributed by atoms with van der Waals surface area (Å²) >= 11 is 5.55. The van der Waals surface area contributed by atoms with E-state index < -0.39 is 5.97 Å². The lowest BCUT2D eigenvalue weighted by Crippen LogP contribution is -2.37. The van der Waals surface area contributed by atoms with E-state index in [4.69, 9.17) is 17.3 Å². The third kappa shape index (κ3) is 7.70. The molecule has 0 aromatic heterocycles. The Morgan fingerprint density at radius 2 is 1.79 bits per heavy atom. The number of hydrogen-bond donors (Lipinski definition) is 2. The topological polar surface area (TPSA) is 52.6 Å². The number of carbonyl (C=O) groups is 1. The summed E-state index contributed by atoms with van der Waals surface area (Å²) in [6, 6.07) is 16.0. The van der Waals surface area contributed by atoms with Crippen LogP contribution in [0.3, 0.4) is 0 Å². The number of aliphatic carboxylic acids is 1. The number of nitrogens with one attached hydrogen (secondary N) is 1. The van der Waals surface area contributed by atoms with Crippen LogP contribution >= 0.6 is 12.2 Å². The van der Waals surface area contributed by atoms with Gasteiger partial charge in [0.15, 0.2) is 5.11 Å². The molecule has 2 aromatic carbocycles.